The molecule has 1 aromatic heterocycles. The molecule has 0 unspecified atom stereocenters. The van der Waals surface area contributed by atoms with Crippen LogP contribution in [0, 0.1) is 6.92 Å². The molecule has 1 fully saturated rings. The Balaban J connectivity index is 1.89. The lowest BCUT2D eigenvalue weighted by Gasteiger charge is -2.25. The number of amides is 1. The largest absolute Gasteiger partial charge is 0.507 e. The second-order valence-corrected chi connectivity index (χ2v) is 7.90. The number of hydrogen-bond acceptors (Lipinski definition) is 7. The number of aryl methyl sites for hydroxylation is 1. The van der Waals surface area contributed by atoms with Crippen LogP contribution in [0.2, 0.25) is 0 Å². The first-order valence-corrected chi connectivity index (χ1v) is 10.5. The Morgan fingerprint density at radius 2 is 1.82 bits per heavy atom. The number of methoxy groups -OCH3 is 2. The Labute approximate surface area is 196 Å². The predicted octanol–water partition coefficient (Wildman–Crippen LogP) is 3.73. The van der Waals surface area contributed by atoms with Gasteiger partial charge in [0, 0.05) is 24.5 Å². The zero-order valence-electron chi connectivity index (χ0n) is 19.0. The topological polar surface area (TPSA) is 109 Å². The van der Waals surface area contributed by atoms with Crippen LogP contribution in [-0.2, 0) is 16.1 Å². The quantitative estimate of drug-likeness (QED) is 0.328. The summed E-state index contributed by atoms with van der Waals surface area (Å²) in [4.78, 5) is 31.8. The average Bonchev–Trinajstić information content (AvgIpc) is 3.09. The van der Waals surface area contributed by atoms with Gasteiger partial charge >= 0.3 is 0 Å². The molecule has 0 bridgehead atoms. The highest BCUT2D eigenvalue weighted by Gasteiger charge is 2.46. The number of phenolic OH excluding ortho intramolecular Hbond substituents is 1. The van der Waals surface area contributed by atoms with Gasteiger partial charge in [0.15, 0.2) is 11.5 Å². The highest BCUT2D eigenvalue weighted by molar-refractivity contribution is 6.46. The van der Waals surface area contributed by atoms with Crippen molar-refractivity contribution >= 4 is 17.4 Å². The number of phenols is 1. The minimum atomic E-state index is -0.905. The summed E-state index contributed by atoms with van der Waals surface area (Å²) in [5.74, 6) is -1.10. The maximum Gasteiger partial charge on any atom is 0.295 e. The summed E-state index contributed by atoms with van der Waals surface area (Å²) in [7, 11) is 2.95. The van der Waals surface area contributed by atoms with E-state index >= 15 is 0 Å². The number of Topliss-reactive ketones (excluding diaryl/α,β-unsaturated/α-hetero) is 1. The van der Waals surface area contributed by atoms with Crippen LogP contribution in [-0.4, -0.2) is 46.0 Å². The van der Waals surface area contributed by atoms with Gasteiger partial charge in [0.2, 0.25) is 0 Å². The number of carbonyl (C=O) groups excluding carboxylic acids is 2. The molecule has 1 amide bonds. The molecule has 8 nitrogen and oxygen atoms in total. The zero-order chi connectivity index (χ0) is 24.4. The van der Waals surface area contributed by atoms with E-state index in [9.17, 15) is 19.8 Å². The van der Waals surface area contributed by atoms with Crippen molar-refractivity contribution in [1.82, 2.24) is 9.88 Å². The van der Waals surface area contributed by atoms with Gasteiger partial charge in [0.05, 0.1) is 25.8 Å². The van der Waals surface area contributed by atoms with E-state index in [1.807, 2.05) is 6.92 Å². The van der Waals surface area contributed by atoms with Gasteiger partial charge in [-0.1, -0.05) is 12.1 Å². The lowest BCUT2D eigenvalue weighted by Crippen LogP contribution is -2.29. The van der Waals surface area contributed by atoms with Crippen LogP contribution in [0.15, 0.2) is 66.5 Å². The van der Waals surface area contributed by atoms with Crippen molar-refractivity contribution in [2.75, 3.05) is 14.2 Å². The number of rotatable bonds is 6. The third kappa shape index (κ3) is 4.05. The number of aromatic hydroxyl groups is 1. The van der Waals surface area contributed by atoms with Crippen molar-refractivity contribution < 1.29 is 29.3 Å². The summed E-state index contributed by atoms with van der Waals surface area (Å²) in [6, 6.07) is 12.2. The van der Waals surface area contributed by atoms with Gasteiger partial charge in [0.25, 0.3) is 11.7 Å². The molecule has 0 spiro atoms. The molecule has 2 N–H and O–H groups in total. The Hall–Kier alpha value is -4.33. The number of ether oxygens (including phenoxy) is 2. The monoisotopic (exact) mass is 460 g/mol. The van der Waals surface area contributed by atoms with Crippen LogP contribution < -0.4 is 9.47 Å². The Bertz CT molecular complexity index is 1290. The van der Waals surface area contributed by atoms with Gasteiger partial charge in [-0.15, -0.1) is 0 Å². The van der Waals surface area contributed by atoms with Crippen molar-refractivity contribution in [3.8, 4) is 17.2 Å². The number of nitrogens with zero attached hydrogens (tertiary/aromatic N) is 2. The van der Waals surface area contributed by atoms with Crippen LogP contribution in [0.4, 0.5) is 0 Å². The fourth-order valence-electron chi connectivity index (χ4n) is 4.12. The summed E-state index contributed by atoms with van der Waals surface area (Å²) >= 11 is 0. The normalized spacial score (nSPS) is 17.1. The number of ketones is 1. The Morgan fingerprint density at radius 1 is 1.06 bits per heavy atom. The smallest absolute Gasteiger partial charge is 0.295 e. The average molecular weight is 460 g/mol. The molecular weight excluding hydrogens is 436 g/mol. The first-order chi connectivity index (χ1) is 16.3. The molecule has 8 heteroatoms. The van der Waals surface area contributed by atoms with Gasteiger partial charge < -0.3 is 24.6 Å². The fraction of sp³-hybridized carbons (Fsp3) is 0.192. The van der Waals surface area contributed by atoms with Crippen molar-refractivity contribution in [1.29, 1.82) is 0 Å². The number of carbonyl (C=O) groups is 2. The number of aliphatic hydroxyl groups is 1. The van der Waals surface area contributed by atoms with Gasteiger partial charge in [-0.05, 0) is 60.0 Å². The molecule has 1 aliphatic rings. The predicted molar refractivity (Wildman–Crippen MR) is 124 cm³/mol. The SMILES string of the molecule is COc1ccc(C(O)=C2C(=O)C(=O)N(Cc3cccnc3)[C@H]2c2ccc(O)c(OC)c2)cc1C. The standard InChI is InChI=1S/C26H24N2O6/c1-15-11-18(7-9-20(15)33-2)24(30)22-23(17-6-8-19(29)21(12-17)34-3)28(26(32)25(22)31)14-16-5-4-10-27-13-16/h4-13,23,29-30H,14H2,1-3H3/t23-/m0/s1. The minimum Gasteiger partial charge on any atom is -0.507 e. The van der Waals surface area contributed by atoms with E-state index in [1.165, 1.54) is 18.1 Å². The number of aromatic nitrogens is 1. The van der Waals surface area contributed by atoms with Gasteiger partial charge in [-0.25, -0.2) is 0 Å². The fourth-order valence-corrected chi connectivity index (χ4v) is 4.12. The first kappa shape index (κ1) is 22.8. The summed E-state index contributed by atoms with van der Waals surface area (Å²) < 4.78 is 10.5. The van der Waals surface area contributed by atoms with E-state index in [1.54, 1.807) is 62.0 Å². The minimum absolute atomic E-state index is 0.0498. The molecule has 1 atom stereocenters. The van der Waals surface area contributed by atoms with Crippen molar-refractivity contribution in [3.05, 3.63) is 88.8 Å². The molecule has 3 aromatic rings. The highest BCUT2D eigenvalue weighted by atomic mass is 16.5. The van der Waals surface area contributed by atoms with Crippen molar-refractivity contribution in [3.63, 3.8) is 0 Å². The number of benzene rings is 2. The van der Waals surface area contributed by atoms with E-state index in [2.05, 4.69) is 4.98 Å². The van der Waals surface area contributed by atoms with Crippen LogP contribution >= 0.6 is 0 Å². The van der Waals surface area contributed by atoms with Crippen LogP contribution in [0.3, 0.4) is 0 Å². The third-order valence-corrected chi connectivity index (χ3v) is 5.80. The molecule has 2 heterocycles. The first-order valence-electron chi connectivity index (χ1n) is 10.5. The van der Waals surface area contributed by atoms with E-state index in [-0.39, 0.29) is 29.4 Å². The number of aliphatic hydroxyl groups excluding tert-OH is 1. The van der Waals surface area contributed by atoms with Gasteiger partial charge in [-0.2, -0.15) is 0 Å². The third-order valence-electron chi connectivity index (χ3n) is 5.80. The van der Waals surface area contributed by atoms with E-state index in [0.29, 0.717) is 16.9 Å². The molecular formula is C26H24N2O6. The van der Waals surface area contributed by atoms with Crippen LogP contribution in [0.1, 0.15) is 28.3 Å². The molecule has 4 rings (SSSR count). The summed E-state index contributed by atoms with van der Waals surface area (Å²) in [6.07, 6.45) is 3.23. The zero-order valence-corrected chi connectivity index (χ0v) is 19.0. The van der Waals surface area contributed by atoms with E-state index in [0.717, 1.165) is 11.1 Å². The lowest BCUT2D eigenvalue weighted by atomic mass is 9.94. The molecule has 1 saturated heterocycles. The lowest BCUT2D eigenvalue weighted by molar-refractivity contribution is -0.140. The molecule has 0 saturated carbocycles. The number of hydrogen-bond donors (Lipinski definition) is 2. The molecule has 1 aliphatic heterocycles. The Kier molecular flexibility index (Phi) is 6.23. The highest BCUT2D eigenvalue weighted by Crippen LogP contribution is 2.42. The van der Waals surface area contributed by atoms with Gasteiger partial charge in [0.1, 0.15) is 11.5 Å². The molecule has 34 heavy (non-hydrogen) atoms. The maximum atomic E-state index is 13.2. The van der Waals surface area contributed by atoms with Crippen molar-refractivity contribution in [2.24, 2.45) is 0 Å². The molecule has 0 aliphatic carbocycles. The van der Waals surface area contributed by atoms with Crippen LogP contribution in [0.5, 0.6) is 17.2 Å². The Morgan fingerprint density at radius 3 is 2.47 bits per heavy atom. The maximum absolute atomic E-state index is 13.2. The molecule has 0 radical (unpaired) electrons. The van der Waals surface area contributed by atoms with Crippen molar-refractivity contribution in [2.45, 2.75) is 19.5 Å². The van der Waals surface area contributed by atoms with E-state index in [4.69, 9.17) is 9.47 Å². The summed E-state index contributed by atoms with van der Waals surface area (Å²) in [6.45, 7) is 1.92. The van der Waals surface area contributed by atoms with Gasteiger partial charge in [-0.3, -0.25) is 14.6 Å². The second kappa shape index (κ2) is 9.27. The summed E-state index contributed by atoms with van der Waals surface area (Å²) in [5, 5.41) is 21.3. The molecule has 174 valence electrons. The summed E-state index contributed by atoms with van der Waals surface area (Å²) in [5.41, 5.74) is 2.32. The van der Waals surface area contributed by atoms with Crippen LogP contribution in [0.25, 0.3) is 5.76 Å². The second-order valence-electron chi connectivity index (χ2n) is 7.90. The number of pyridine rings is 1. The number of likely N-dealkylation sites (tertiary alicyclic amines) is 1. The van der Waals surface area contributed by atoms with E-state index < -0.39 is 17.7 Å². The molecule has 2 aromatic carbocycles.